The van der Waals surface area contributed by atoms with Crippen molar-refractivity contribution in [1.82, 2.24) is 5.32 Å². The fourth-order valence-electron chi connectivity index (χ4n) is 1.04. The standard InChI is InChI=1S/C10H20N2O4/c1-6(7(2)11)9(13)12-8(10(14)15)4-5-16-3/h6-8H,4-5,11H2,1-3H3,(H,12,13)(H,14,15). The van der Waals surface area contributed by atoms with Gasteiger partial charge in [-0.15, -0.1) is 0 Å². The highest BCUT2D eigenvalue weighted by atomic mass is 16.5. The third kappa shape index (κ3) is 5.09. The summed E-state index contributed by atoms with van der Waals surface area (Å²) in [5, 5.41) is 11.3. The van der Waals surface area contributed by atoms with Crippen LogP contribution in [0.25, 0.3) is 0 Å². The molecule has 0 aromatic carbocycles. The van der Waals surface area contributed by atoms with E-state index >= 15 is 0 Å². The zero-order valence-corrected chi connectivity index (χ0v) is 9.90. The molecule has 0 aliphatic rings. The minimum atomic E-state index is -1.07. The van der Waals surface area contributed by atoms with Crippen molar-refractivity contribution in [2.45, 2.75) is 32.4 Å². The summed E-state index contributed by atoms with van der Waals surface area (Å²) in [5.74, 6) is -1.83. The number of nitrogens with one attached hydrogen (secondary N) is 1. The van der Waals surface area contributed by atoms with E-state index < -0.39 is 17.9 Å². The number of hydrogen-bond acceptors (Lipinski definition) is 4. The van der Waals surface area contributed by atoms with Gasteiger partial charge in [-0.1, -0.05) is 6.92 Å². The summed E-state index contributed by atoms with van der Waals surface area (Å²) < 4.78 is 4.77. The molecule has 6 nitrogen and oxygen atoms in total. The van der Waals surface area contributed by atoms with Gasteiger partial charge >= 0.3 is 5.97 Å². The molecule has 94 valence electrons. The van der Waals surface area contributed by atoms with Crippen LogP contribution in [0.2, 0.25) is 0 Å². The molecule has 0 bridgehead atoms. The number of carboxylic acid groups (broad SMARTS) is 1. The summed E-state index contributed by atoms with van der Waals surface area (Å²) in [6.45, 7) is 3.65. The van der Waals surface area contributed by atoms with E-state index in [1.165, 1.54) is 7.11 Å². The van der Waals surface area contributed by atoms with Crippen molar-refractivity contribution in [2.24, 2.45) is 11.7 Å². The Hall–Kier alpha value is -1.14. The fraction of sp³-hybridized carbons (Fsp3) is 0.800. The lowest BCUT2D eigenvalue weighted by Crippen LogP contribution is -2.47. The first kappa shape index (κ1) is 14.9. The first-order chi connectivity index (χ1) is 7.40. The molecule has 0 spiro atoms. The molecular weight excluding hydrogens is 212 g/mol. The Balaban J connectivity index is 4.28. The molecule has 3 unspecified atom stereocenters. The maximum absolute atomic E-state index is 11.6. The van der Waals surface area contributed by atoms with Crippen molar-refractivity contribution in [2.75, 3.05) is 13.7 Å². The highest BCUT2D eigenvalue weighted by molar-refractivity contribution is 5.85. The summed E-state index contributed by atoms with van der Waals surface area (Å²) in [6.07, 6.45) is 0.239. The number of methoxy groups -OCH3 is 1. The molecule has 0 aliphatic carbocycles. The largest absolute Gasteiger partial charge is 0.480 e. The van der Waals surface area contributed by atoms with Crippen LogP contribution < -0.4 is 11.1 Å². The highest BCUT2D eigenvalue weighted by Gasteiger charge is 2.24. The van der Waals surface area contributed by atoms with Gasteiger partial charge in [0.2, 0.25) is 5.91 Å². The number of carbonyl (C=O) groups is 2. The Kier molecular flexibility index (Phi) is 6.67. The molecule has 0 rings (SSSR count). The summed E-state index contributed by atoms with van der Waals surface area (Å²) in [7, 11) is 1.48. The zero-order chi connectivity index (χ0) is 12.7. The first-order valence-electron chi connectivity index (χ1n) is 5.17. The maximum atomic E-state index is 11.6. The van der Waals surface area contributed by atoms with Crippen LogP contribution in [0.1, 0.15) is 20.3 Å². The number of ether oxygens (including phenoxy) is 1. The Morgan fingerprint density at radius 3 is 2.38 bits per heavy atom. The molecule has 3 atom stereocenters. The van der Waals surface area contributed by atoms with Crippen molar-refractivity contribution in [3.8, 4) is 0 Å². The molecule has 16 heavy (non-hydrogen) atoms. The van der Waals surface area contributed by atoms with Crippen LogP contribution in [0.4, 0.5) is 0 Å². The van der Waals surface area contributed by atoms with Crippen LogP contribution in [0.15, 0.2) is 0 Å². The number of hydrogen-bond donors (Lipinski definition) is 3. The van der Waals surface area contributed by atoms with Gasteiger partial charge in [0.05, 0.1) is 0 Å². The first-order valence-corrected chi connectivity index (χ1v) is 5.17. The van der Waals surface area contributed by atoms with Crippen LogP contribution in [0.5, 0.6) is 0 Å². The van der Waals surface area contributed by atoms with E-state index in [-0.39, 0.29) is 25.0 Å². The average molecular weight is 232 g/mol. The Morgan fingerprint density at radius 1 is 1.44 bits per heavy atom. The van der Waals surface area contributed by atoms with Gasteiger partial charge in [0, 0.05) is 32.1 Å². The third-order valence-electron chi connectivity index (χ3n) is 2.43. The maximum Gasteiger partial charge on any atom is 0.326 e. The van der Waals surface area contributed by atoms with Crippen molar-refractivity contribution in [3.63, 3.8) is 0 Å². The lowest BCUT2D eigenvalue weighted by molar-refractivity contribution is -0.143. The highest BCUT2D eigenvalue weighted by Crippen LogP contribution is 2.02. The fourth-order valence-corrected chi connectivity index (χ4v) is 1.04. The smallest absolute Gasteiger partial charge is 0.326 e. The Bertz CT molecular complexity index is 243. The van der Waals surface area contributed by atoms with Crippen molar-refractivity contribution in [3.05, 3.63) is 0 Å². The van der Waals surface area contributed by atoms with E-state index in [0.29, 0.717) is 0 Å². The van der Waals surface area contributed by atoms with Gasteiger partial charge in [0.25, 0.3) is 0 Å². The minimum Gasteiger partial charge on any atom is -0.480 e. The van der Waals surface area contributed by atoms with E-state index in [4.69, 9.17) is 15.6 Å². The molecule has 0 aromatic heterocycles. The van der Waals surface area contributed by atoms with Crippen LogP contribution in [0.3, 0.4) is 0 Å². The van der Waals surface area contributed by atoms with E-state index in [2.05, 4.69) is 5.32 Å². The molecule has 0 radical (unpaired) electrons. The lowest BCUT2D eigenvalue weighted by Gasteiger charge is -2.19. The lowest BCUT2D eigenvalue weighted by atomic mass is 10.0. The minimum absolute atomic E-state index is 0.239. The SMILES string of the molecule is COCCC(NC(=O)C(C)C(C)N)C(=O)O. The average Bonchev–Trinajstić information content (AvgIpc) is 2.21. The Labute approximate surface area is 95.1 Å². The summed E-state index contributed by atoms with van der Waals surface area (Å²) >= 11 is 0. The summed E-state index contributed by atoms with van der Waals surface area (Å²) in [5.41, 5.74) is 5.56. The van der Waals surface area contributed by atoms with Crippen molar-refractivity contribution < 1.29 is 19.4 Å². The van der Waals surface area contributed by atoms with Crippen molar-refractivity contribution in [1.29, 1.82) is 0 Å². The number of amides is 1. The molecule has 0 aromatic rings. The Morgan fingerprint density at radius 2 is 2.00 bits per heavy atom. The second kappa shape index (κ2) is 7.19. The van der Waals surface area contributed by atoms with E-state index in [9.17, 15) is 9.59 Å². The van der Waals surface area contributed by atoms with Crippen LogP contribution in [-0.4, -0.2) is 42.8 Å². The zero-order valence-electron chi connectivity index (χ0n) is 9.90. The monoisotopic (exact) mass is 232 g/mol. The number of nitrogens with two attached hydrogens (primary N) is 1. The van der Waals surface area contributed by atoms with Crippen LogP contribution in [0, 0.1) is 5.92 Å². The van der Waals surface area contributed by atoms with E-state index in [0.717, 1.165) is 0 Å². The number of rotatable bonds is 7. The molecule has 0 heterocycles. The van der Waals surface area contributed by atoms with Gasteiger partial charge in [-0.25, -0.2) is 4.79 Å². The second-order valence-corrected chi connectivity index (χ2v) is 3.83. The summed E-state index contributed by atoms with van der Waals surface area (Å²) in [6, 6.07) is -1.23. The normalized spacial score (nSPS) is 16.2. The van der Waals surface area contributed by atoms with Gasteiger partial charge in [-0.2, -0.15) is 0 Å². The predicted molar refractivity (Wildman–Crippen MR) is 58.9 cm³/mol. The van der Waals surface area contributed by atoms with Crippen LogP contribution in [-0.2, 0) is 14.3 Å². The van der Waals surface area contributed by atoms with E-state index in [1.807, 2.05) is 0 Å². The molecule has 4 N–H and O–H groups in total. The molecule has 0 saturated carbocycles. The topological polar surface area (TPSA) is 102 Å². The van der Waals surface area contributed by atoms with Gasteiger partial charge < -0.3 is 20.9 Å². The second-order valence-electron chi connectivity index (χ2n) is 3.83. The van der Waals surface area contributed by atoms with Crippen molar-refractivity contribution >= 4 is 11.9 Å². The van der Waals surface area contributed by atoms with Gasteiger partial charge in [-0.05, 0) is 6.92 Å². The molecule has 0 saturated heterocycles. The molecular formula is C10H20N2O4. The van der Waals surface area contributed by atoms with Gasteiger partial charge in [0.15, 0.2) is 0 Å². The molecule has 0 fully saturated rings. The number of aliphatic carboxylic acids is 1. The third-order valence-corrected chi connectivity index (χ3v) is 2.43. The predicted octanol–water partition coefficient (Wildman–Crippen LogP) is -0.424. The van der Waals surface area contributed by atoms with Gasteiger partial charge in [-0.3, -0.25) is 4.79 Å². The number of carbonyl (C=O) groups excluding carboxylic acids is 1. The van der Waals surface area contributed by atoms with E-state index in [1.54, 1.807) is 13.8 Å². The van der Waals surface area contributed by atoms with Crippen LogP contribution >= 0.6 is 0 Å². The molecule has 1 amide bonds. The molecule has 0 aliphatic heterocycles. The number of carboxylic acids is 1. The summed E-state index contributed by atoms with van der Waals surface area (Å²) in [4.78, 5) is 22.4. The quantitative estimate of drug-likeness (QED) is 0.553. The van der Waals surface area contributed by atoms with Gasteiger partial charge in [0.1, 0.15) is 6.04 Å². The molecule has 6 heteroatoms.